The molecule has 0 saturated carbocycles. The molecule has 0 fully saturated rings. The van der Waals surface area contributed by atoms with E-state index in [4.69, 9.17) is 14.2 Å². The molecular weight excluding hydrogens is 278 g/mol. The van der Waals surface area contributed by atoms with Crippen LogP contribution in [0.15, 0.2) is 30.3 Å². The normalized spacial score (nSPS) is 10.2. The van der Waals surface area contributed by atoms with Gasteiger partial charge in [-0.3, -0.25) is 0 Å². The molecule has 0 atom stereocenters. The Hall–Kier alpha value is -2.36. The summed E-state index contributed by atoms with van der Waals surface area (Å²) in [6, 6.07) is 9.98. The average Bonchev–Trinajstić information content (AvgIpc) is 2.54. The molecule has 0 aliphatic heterocycles. The van der Waals surface area contributed by atoms with Gasteiger partial charge in [-0.05, 0) is 36.6 Å². The van der Waals surface area contributed by atoms with Crippen molar-refractivity contribution in [2.75, 3.05) is 26.6 Å². The topological polar surface area (TPSA) is 39.7 Å². The number of aryl methyl sites for hydroxylation is 2. The maximum atomic E-state index is 5.35. The maximum absolute atomic E-state index is 5.35. The van der Waals surface area contributed by atoms with Gasteiger partial charge < -0.3 is 19.5 Å². The van der Waals surface area contributed by atoms with E-state index in [9.17, 15) is 0 Å². The highest BCUT2D eigenvalue weighted by atomic mass is 16.5. The highest BCUT2D eigenvalue weighted by Crippen LogP contribution is 2.27. The zero-order chi connectivity index (χ0) is 16.1. The summed E-state index contributed by atoms with van der Waals surface area (Å²) in [5.74, 6) is 2.46. The lowest BCUT2D eigenvalue weighted by atomic mass is 10.0. The van der Waals surface area contributed by atoms with E-state index in [0.29, 0.717) is 0 Å². The van der Waals surface area contributed by atoms with Crippen LogP contribution < -0.4 is 19.5 Å². The van der Waals surface area contributed by atoms with Crippen LogP contribution in [0, 0.1) is 13.8 Å². The van der Waals surface area contributed by atoms with Gasteiger partial charge in [-0.1, -0.05) is 6.07 Å². The minimum atomic E-state index is 0.729. The molecule has 4 heteroatoms. The molecule has 22 heavy (non-hydrogen) atoms. The fraction of sp³-hybridized carbons (Fsp3) is 0.333. The maximum Gasteiger partial charge on any atom is 0.124 e. The van der Waals surface area contributed by atoms with Gasteiger partial charge in [0.1, 0.15) is 17.2 Å². The molecule has 2 rings (SSSR count). The van der Waals surface area contributed by atoms with Gasteiger partial charge in [0, 0.05) is 30.4 Å². The van der Waals surface area contributed by atoms with Crippen LogP contribution in [0.2, 0.25) is 0 Å². The summed E-state index contributed by atoms with van der Waals surface area (Å²) in [5, 5.41) is 3.42. The van der Waals surface area contributed by atoms with E-state index in [1.54, 1.807) is 21.3 Å². The molecule has 1 N–H and O–H groups in total. The van der Waals surface area contributed by atoms with E-state index in [1.807, 2.05) is 18.2 Å². The summed E-state index contributed by atoms with van der Waals surface area (Å²) >= 11 is 0. The Bertz CT molecular complexity index is 631. The first kappa shape index (κ1) is 16.0. The van der Waals surface area contributed by atoms with Gasteiger partial charge in [0.15, 0.2) is 0 Å². The highest BCUT2D eigenvalue weighted by molar-refractivity contribution is 5.54. The van der Waals surface area contributed by atoms with E-state index in [0.717, 1.165) is 35.0 Å². The molecule has 2 aromatic carbocycles. The van der Waals surface area contributed by atoms with Crippen LogP contribution in [0.4, 0.5) is 5.69 Å². The van der Waals surface area contributed by atoms with Gasteiger partial charge in [0.05, 0.1) is 21.3 Å². The Morgan fingerprint density at radius 1 is 0.773 bits per heavy atom. The van der Waals surface area contributed by atoms with E-state index in [1.165, 1.54) is 11.1 Å². The van der Waals surface area contributed by atoms with Crippen molar-refractivity contribution in [3.05, 3.63) is 47.0 Å². The van der Waals surface area contributed by atoms with Crippen molar-refractivity contribution in [3.8, 4) is 17.2 Å². The van der Waals surface area contributed by atoms with Gasteiger partial charge in [0.25, 0.3) is 0 Å². The van der Waals surface area contributed by atoms with Crippen molar-refractivity contribution in [2.24, 2.45) is 0 Å². The second-order valence-corrected chi connectivity index (χ2v) is 5.20. The third-order valence-corrected chi connectivity index (χ3v) is 3.69. The molecule has 0 spiro atoms. The molecule has 0 aliphatic rings. The second-order valence-electron chi connectivity index (χ2n) is 5.20. The summed E-state index contributed by atoms with van der Waals surface area (Å²) in [7, 11) is 4.99. The molecule has 0 unspecified atom stereocenters. The van der Waals surface area contributed by atoms with Gasteiger partial charge in [0.2, 0.25) is 0 Å². The Labute approximate surface area is 132 Å². The highest BCUT2D eigenvalue weighted by Gasteiger charge is 2.06. The molecule has 0 aromatic heterocycles. The fourth-order valence-electron chi connectivity index (χ4n) is 2.37. The summed E-state index contributed by atoms with van der Waals surface area (Å²) < 4.78 is 15.9. The predicted octanol–water partition coefficient (Wildman–Crippen LogP) is 3.94. The van der Waals surface area contributed by atoms with Crippen molar-refractivity contribution in [3.63, 3.8) is 0 Å². The standard InChI is InChI=1S/C18H23NO3/c1-12-7-18(22-5)13(2)6-14(12)11-19-15-8-16(20-3)10-17(9-15)21-4/h6-10,19H,11H2,1-5H3. The third-order valence-electron chi connectivity index (χ3n) is 3.69. The molecule has 118 valence electrons. The molecule has 0 aliphatic carbocycles. The van der Waals surface area contributed by atoms with E-state index in [-0.39, 0.29) is 0 Å². The van der Waals surface area contributed by atoms with Crippen LogP contribution in [0.1, 0.15) is 16.7 Å². The smallest absolute Gasteiger partial charge is 0.124 e. The first-order valence-electron chi connectivity index (χ1n) is 7.18. The number of benzene rings is 2. The molecule has 0 amide bonds. The number of hydrogen-bond acceptors (Lipinski definition) is 4. The lowest BCUT2D eigenvalue weighted by molar-refractivity contribution is 0.394. The lowest BCUT2D eigenvalue weighted by Gasteiger charge is -2.14. The summed E-state index contributed by atoms with van der Waals surface area (Å²) in [4.78, 5) is 0. The molecular formula is C18H23NO3. The lowest BCUT2D eigenvalue weighted by Crippen LogP contribution is -2.03. The van der Waals surface area contributed by atoms with Gasteiger partial charge in [-0.2, -0.15) is 0 Å². The number of nitrogens with one attached hydrogen (secondary N) is 1. The van der Waals surface area contributed by atoms with E-state index < -0.39 is 0 Å². The minimum absolute atomic E-state index is 0.729. The van der Waals surface area contributed by atoms with Crippen LogP contribution in [-0.2, 0) is 6.54 Å². The third kappa shape index (κ3) is 3.64. The van der Waals surface area contributed by atoms with Crippen LogP contribution in [0.5, 0.6) is 17.2 Å². The molecule has 0 saturated heterocycles. The van der Waals surface area contributed by atoms with Crippen LogP contribution >= 0.6 is 0 Å². The Balaban J connectivity index is 2.18. The zero-order valence-electron chi connectivity index (χ0n) is 13.8. The van der Waals surface area contributed by atoms with Crippen molar-refractivity contribution in [1.82, 2.24) is 0 Å². The van der Waals surface area contributed by atoms with Crippen molar-refractivity contribution in [1.29, 1.82) is 0 Å². The van der Waals surface area contributed by atoms with Gasteiger partial charge in [-0.15, -0.1) is 0 Å². The van der Waals surface area contributed by atoms with Crippen LogP contribution in [0.25, 0.3) is 0 Å². The minimum Gasteiger partial charge on any atom is -0.497 e. The van der Waals surface area contributed by atoms with Crippen LogP contribution in [0.3, 0.4) is 0 Å². The van der Waals surface area contributed by atoms with Gasteiger partial charge in [-0.25, -0.2) is 0 Å². The Morgan fingerprint density at radius 3 is 1.95 bits per heavy atom. The quantitative estimate of drug-likeness (QED) is 0.877. The number of hydrogen-bond donors (Lipinski definition) is 1. The first-order valence-corrected chi connectivity index (χ1v) is 7.18. The average molecular weight is 301 g/mol. The molecule has 0 bridgehead atoms. The summed E-state index contributed by atoms with van der Waals surface area (Å²) in [5.41, 5.74) is 4.53. The van der Waals surface area contributed by atoms with Crippen molar-refractivity contribution in [2.45, 2.75) is 20.4 Å². The van der Waals surface area contributed by atoms with Crippen LogP contribution in [-0.4, -0.2) is 21.3 Å². The van der Waals surface area contributed by atoms with Crippen molar-refractivity contribution >= 4 is 5.69 Å². The van der Waals surface area contributed by atoms with Gasteiger partial charge >= 0.3 is 0 Å². The monoisotopic (exact) mass is 301 g/mol. The fourth-order valence-corrected chi connectivity index (χ4v) is 2.37. The summed E-state index contributed by atoms with van der Waals surface area (Å²) in [6.45, 7) is 4.87. The predicted molar refractivity (Wildman–Crippen MR) is 89.3 cm³/mol. The number of rotatable bonds is 6. The zero-order valence-corrected chi connectivity index (χ0v) is 13.8. The first-order chi connectivity index (χ1) is 10.6. The molecule has 4 nitrogen and oxygen atoms in total. The number of methoxy groups -OCH3 is 3. The number of ether oxygens (including phenoxy) is 3. The second kappa shape index (κ2) is 7.07. The number of anilines is 1. The van der Waals surface area contributed by atoms with Crippen molar-refractivity contribution < 1.29 is 14.2 Å². The van der Waals surface area contributed by atoms with E-state index >= 15 is 0 Å². The Kier molecular flexibility index (Phi) is 5.15. The SMILES string of the molecule is COc1cc(NCc2cc(C)c(OC)cc2C)cc(OC)c1. The molecule has 2 aromatic rings. The largest absolute Gasteiger partial charge is 0.497 e. The molecule has 0 radical (unpaired) electrons. The summed E-state index contributed by atoms with van der Waals surface area (Å²) in [6.07, 6.45) is 0. The van der Waals surface area contributed by atoms with E-state index in [2.05, 4.69) is 31.3 Å². The molecule has 0 heterocycles. The Morgan fingerprint density at radius 2 is 1.41 bits per heavy atom.